The molecule has 2 rings (SSSR count). The first kappa shape index (κ1) is 22.9. The lowest BCUT2D eigenvalue weighted by Crippen LogP contribution is -2.30. The quantitative estimate of drug-likeness (QED) is 0.651. The Labute approximate surface area is 161 Å². The molecule has 0 saturated heterocycles. The molecule has 3 N–H and O–H groups in total. The molecule has 1 aromatic carbocycles. The molecule has 150 valence electrons. The van der Waals surface area contributed by atoms with Crippen molar-refractivity contribution in [3.05, 3.63) is 46.5 Å². The van der Waals surface area contributed by atoms with Gasteiger partial charge in [0.05, 0.1) is 17.2 Å². The molecule has 1 aliphatic rings. The van der Waals surface area contributed by atoms with Gasteiger partial charge in [0.15, 0.2) is 0 Å². The third-order valence-electron chi connectivity index (χ3n) is 4.64. The van der Waals surface area contributed by atoms with Crippen molar-refractivity contribution in [3.8, 4) is 0 Å². The molecule has 1 aliphatic carbocycles. The lowest BCUT2D eigenvalue weighted by atomic mass is 9.63. The fraction of sp³-hybridized carbons (Fsp3) is 0.545. The van der Waals surface area contributed by atoms with Crippen LogP contribution in [-0.2, 0) is 0 Å². The van der Waals surface area contributed by atoms with Crippen LogP contribution in [-0.4, -0.2) is 33.4 Å². The summed E-state index contributed by atoms with van der Waals surface area (Å²) >= 11 is 0. The van der Waals surface area contributed by atoms with E-state index in [0.717, 1.165) is 12.8 Å². The highest BCUT2D eigenvalue weighted by molar-refractivity contribution is 5.96. The Morgan fingerprint density at radius 2 is 1.41 bits per heavy atom. The SMILES string of the molecule is CC(O)C=C1CC(C)(C)CC(C)(C)C1.Cc1c(C(=O)O)cccc1C(=O)O. The lowest BCUT2D eigenvalue weighted by molar-refractivity contribution is 0.0696. The molecule has 1 unspecified atom stereocenters. The molecule has 1 fully saturated rings. The van der Waals surface area contributed by atoms with Crippen LogP contribution in [0.2, 0.25) is 0 Å². The first-order valence-corrected chi connectivity index (χ1v) is 9.18. The van der Waals surface area contributed by atoms with Crippen LogP contribution in [0.1, 0.15) is 80.2 Å². The van der Waals surface area contributed by atoms with Crippen molar-refractivity contribution in [2.45, 2.75) is 66.9 Å². The maximum atomic E-state index is 10.6. The molecular weight excluding hydrogens is 344 g/mol. The van der Waals surface area contributed by atoms with Gasteiger partial charge in [-0.15, -0.1) is 0 Å². The minimum Gasteiger partial charge on any atom is -0.478 e. The van der Waals surface area contributed by atoms with E-state index in [1.807, 2.05) is 13.0 Å². The van der Waals surface area contributed by atoms with E-state index in [9.17, 15) is 14.7 Å². The Balaban J connectivity index is 0.000000271. The topological polar surface area (TPSA) is 94.8 Å². The second-order valence-corrected chi connectivity index (χ2v) is 9.01. The normalized spacial score (nSPS) is 18.7. The second-order valence-electron chi connectivity index (χ2n) is 9.01. The van der Waals surface area contributed by atoms with Gasteiger partial charge < -0.3 is 15.3 Å². The molecule has 0 aromatic heterocycles. The summed E-state index contributed by atoms with van der Waals surface area (Å²) in [5.41, 5.74) is 2.55. The largest absolute Gasteiger partial charge is 0.478 e. The van der Waals surface area contributed by atoms with Gasteiger partial charge in [-0.05, 0) is 61.6 Å². The maximum Gasteiger partial charge on any atom is 0.335 e. The number of rotatable bonds is 3. The number of allylic oxidation sites excluding steroid dienone is 1. The minimum atomic E-state index is -1.11. The van der Waals surface area contributed by atoms with Gasteiger partial charge in [0.2, 0.25) is 0 Å². The third-order valence-corrected chi connectivity index (χ3v) is 4.64. The van der Waals surface area contributed by atoms with Crippen LogP contribution in [0.15, 0.2) is 29.8 Å². The van der Waals surface area contributed by atoms with Gasteiger partial charge in [-0.25, -0.2) is 9.59 Å². The molecule has 0 amide bonds. The molecule has 5 nitrogen and oxygen atoms in total. The van der Waals surface area contributed by atoms with E-state index >= 15 is 0 Å². The molecule has 1 saturated carbocycles. The maximum absolute atomic E-state index is 10.6. The molecule has 0 bridgehead atoms. The van der Waals surface area contributed by atoms with E-state index in [2.05, 4.69) is 27.7 Å². The first-order chi connectivity index (χ1) is 12.2. The van der Waals surface area contributed by atoms with Crippen molar-refractivity contribution in [2.75, 3.05) is 0 Å². The smallest absolute Gasteiger partial charge is 0.335 e. The lowest BCUT2D eigenvalue weighted by Gasteiger charge is -2.42. The van der Waals surface area contributed by atoms with Crippen molar-refractivity contribution in [2.24, 2.45) is 10.8 Å². The molecular formula is C22H32O5. The van der Waals surface area contributed by atoms with Crippen LogP contribution in [0.3, 0.4) is 0 Å². The molecule has 27 heavy (non-hydrogen) atoms. The van der Waals surface area contributed by atoms with Crippen molar-refractivity contribution in [1.82, 2.24) is 0 Å². The molecule has 0 spiro atoms. The number of hydrogen-bond donors (Lipinski definition) is 3. The van der Waals surface area contributed by atoms with Crippen molar-refractivity contribution < 1.29 is 24.9 Å². The Kier molecular flexibility index (Phi) is 7.38. The molecule has 1 aromatic rings. The van der Waals surface area contributed by atoms with Gasteiger partial charge in [-0.1, -0.05) is 45.4 Å². The monoisotopic (exact) mass is 376 g/mol. The summed E-state index contributed by atoms with van der Waals surface area (Å²) in [6.07, 6.45) is 5.29. The van der Waals surface area contributed by atoms with Crippen molar-refractivity contribution in [1.29, 1.82) is 0 Å². The van der Waals surface area contributed by atoms with Gasteiger partial charge >= 0.3 is 11.9 Å². The summed E-state index contributed by atoms with van der Waals surface area (Å²) < 4.78 is 0. The number of hydrogen-bond acceptors (Lipinski definition) is 3. The summed E-state index contributed by atoms with van der Waals surface area (Å²) in [5.74, 6) is -2.22. The average molecular weight is 376 g/mol. The number of carboxylic acid groups (broad SMARTS) is 2. The van der Waals surface area contributed by atoms with E-state index in [-0.39, 0.29) is 22.8 Å². The van der Waals surface area contributed by atoms with Crippen LogP contribution in [0.4, 0.5) is 0 Å². The van der Waals surface area contributed by atoms with Crippen LogP contribution in [0, 0.1) is 17.8 Å². The molecule has 1 atom stereocenters. The Hall–Kier alpha value is -2.14. The number of carboxylic acids is 2. The summed E-state index contributed by atoms with van der Waals surface area (Å²) in [4.78, 5) is 21.2. The third kappa shape index (κ3) is 7.18. The zero-order chi connectivity index (χ0) is 21.0. The Bertz CT molecular complexity index is 676. The highest BCUT2D eigenvalue weighted by Crippen LogP contribution is 2.48. The second kappa shape index (κ2) is 8.70. The Morgan fingerprint density at radius 1 is 1.00 bits per heavy atom. The number of benzene rings is 1. The number of aromatic carboxylic acids is 2. The highest BCUT2D eigenvalue weighted by Gasteiger charge is 2.35. The van der Waals surface area contributed by atoms with Gasteiger partial charge in [-0.2, -0.15) is 0 Å². The summed E-state index contributed by atoms with van der Waals surface area (Å²) in [7, 11) is 0. The fourth-order valence-corrected chi connectivity index (χ4v) is 4.27. The van der Waals surface area contributed by atoms with E-state index < -0.39 is 11.9 Å². The van der Waals surface area contributed by atoms with Crippen molar-refractivity contribution in [3.63, 3.8) is 0 Å². The van der Waals surface area contributed by atoms with Gasteiger partial charge in [-0.3, -0.25) is 0 Å². The Morgan fingerprint density at radius 3 is 1.74 bits per heavy atom. The highest BCUT2D eigenvalue weighted by atomic mass is 16.4. The van der Waals surface area contributed by atoms with E-state index in [0.29, 0.717) is 10.8 Å². The molecule has 0 radical (unpaired) electrons. The van der Waals surface area contributed by atoms with Crippen molar-refractivity contribution >= 4 is 11.9 Å². The van der Waals surface area contributed by atoms with Gasteiger partial charge in [0.25, 0.3) is 0 Å². The summed E-state index contributed by atoms with van der Waals surface area (Å²) in [6, 6.07) is 4.17. The first-order valence-electron chi connectivity index (χ1n) is 9.18. The van der Waals surface area contributed by atoms with Gasteiger partial charge in [0, 0.05) is 0 Å². The summed E-state index contributed by atoms with van der Waals surface area (Å²) in [5, 5.41) is 26.7. The predicted molar refractivity (Wildman–Crippen MR) is 106 cm³/mol. The predicted octanol–water partition coefficient (Wildman–Crippen LogP) is 4.92. The van der Waals surface area contributed by atoms with Crippen LogP contribution in [0.25, 0.3) is 0 Å². The minimum absolute atomic E-state index is 0.0277. The standard InChI is InChI=1S/C13H24O.C9H8O4/c1-10(14)6-11-7-12(2,3)9-13(4,5)8-11;1-5-6(8(10)11)3-2-4-7(5)9(12)13/h6,10,14H,7-9H2,1-5H3;2-4H,1H3,(H,10,11)(H,12,13). The number of aliphatic hydroxyl groups is 1. The van der Waals surface area contributed by atoms with Gasteiger partial charge in [0.1, 0.15) is 0 Å². The molecule has 0 heterocycles. The van der Waals surface area contributed by atoms with E-state index in [1.54, 1.807) is 0 Å². The zero-order valence-electron chi connectivity index (χ0n) is 17.2. The fourth-order valence-electron chi connectivity index (χ4n) is 4.27. The van der Waals surface area contributed by atoms with Crippen LogP contribution >= 0.6 is 0 Å². The van der Waals surface area contributed by atoms with E-state index in [4.69, 9.17) is 10.2 Å². The number of carbonyl (C=O) groups is 2. The van der Waals surface area contributed by atoms with E-state index in [1.165, 1.54) is 37.1 Å². The molecule has 5 heteroatoms. The van der Waals surface area contributed by atoms with Crippen LogP contribution in [0.5, 0.6) is 0 Å². The number of aliphatic hydroxyl groups excluding tert-OH is 1. The molecule has 0 aliphatic heterocycles. The zero-order valence-corrected chi connectivity index (χ0v) is 17.2. The average Bonchev–Trinajstić information content (AvgIpc) is 2.43. The van der Waals surface area contributed by atoms with Crippen LogP contribution < -0.4 is 0 Å². The summed E-state index contributed by atoms with van der Waals surface area (Å²) in [6.45, 7) is 12.6.